The van der Waals surface area contributed by atoms with Gasteiger partial charge in [-0.25, -0.2) is 8.78 Å². The number of rotatable bonds is 3. The molecule has 0 aromatic heterocycles. The van der Waals surface area contributed by atoms with Crippen LogP contribution in [0.4, 0.5) is 8.78 Å². The fraction of sp³-hybridized carbons (Fsp3) is 0.250. The summed E-state index contributed by atoms with van der Waals surface area (Å²) in [6.07, 6.45) is 0.170. The molecule has 0 saturated carbocycles. The lowest BCUT2D eigenvalue weighted by atomic mass is 9.88. The van der Waals surface area contributed by atoms with Crippen molar-refractivity contribution in [1.82, 2.24) is 0 Å². The summed E-state index contributed by atoms with van der Waals surface area (Å²) < 4.78 is 27.6. The molecule has 0 aliphatic heterocycles. The predicted molar refractivity (Wildman–Crippen MR) is 75.8 cm³/mol. The van der Waals surface area contributed by atoms with Gasteiger partial charge < -0.3 is 5.11 Å². The highest BCUT2D eigenvalue weighted by Gasteiger charge is 2.29. The maximum atomic E-state index is 14.0. The molecule has 0 amide bonds. The molecule has 0 radical (unpaired) electrons. The van der Waals surface area contributed by atoms with Crippen molar-refractivity contribution in [3.8, 4) is 0 Å². The average molecular weight is 297 g/mol. The largest absolute Gasteiger partial charge is 0.385 e. The van der Waals surface area contributed by atoms with Gasteiger partial charge in [-0.3, -0.25) is 0 Å². The van der Waals surface area contributed by atoms with Crippen LogP contribution < -0.4 is 0 Å². The van der Waals surface area contributed by atoms with E-state index in [1.54, 1.807) is 24.3 Å². The quantitative estimate of drug-likeness (QED) is 0.891. The second-order valence-corrected chi connectivity index (χ2v) is 5.57. The molecule has 1 unspecified atom stereocenters. The molecular formula is C16H15ClF2O. The first kappa shape index (κ1) is 14.9. The van der Waals surface area contributed by atoms with Gasteiger partial charge in [-0.15, -0.1) is 0 Å². The Morgan fingerprint density at radius 2 is 1.65 bits per heavy atom. The number of hydrogen-bond donors (Lipinski definition) is 1. The molecular weight excluding hydrogens is 282 g/mol. The Hall–Kier alpha value is -1.45. The Labute approximate surface area is 121 Å². The summed E-state index contributed by atoms with van der Waals surface area (Å²) in [5.41, 5.74) is -0.532. The van der Waals surface area contributed by atoms with Crippen LogP contribution in [0.15, 0.2) is 36.4 Å². The van der Waals surface area contributed by atoms with Crippen LogP contribution in [0.3, 0.4) is 0 Å². The Bertz CT molecular complexity index is 621. The van der Waals surface area contributed by atoms with Gasteiger partial charge in [-0.05, 0) is 37.1 Å². The van der Waals surface area contributed by atoms with Crippen LogP contribution in [-0.2, 0) is 12.0 Å². The molecule has 0 aliphatic carbocycles. The maximum Gasteiger partial charge on any atom is 0.165 e. The molecule has 0 spiro atoms. The van der Waals surface area contributed by atoms with Crippen molar-refractivity contribution in [1.29, 1.82) is 0 Å². The maximum absolute atomic E-state index is 14.0. The Balaban J connectivity index is 2.35. The monoisotopic (exact) mass is 296 g/mol. The second kappa shape index (κ2) is 5.51. The normalized spacial score (nSPS) is 14.1. The predicted octanol–water partition coefficient (Wildman–Crippen LogP) is 4.38. The summed E-state index contributed by atoms with van der Waals surface area (Å²) >= 11 is 5.79. The summed E-state index contributed by atoms with van der Waals surface area (Å²) in [6.45, 7) is 2.95. The van der Waals surface area contributed by atoms with Gasteiger partial charge in [0, 0.05) is 17.0 Å². The SMILES string of the molecule is Cc1ccc(C(C)(O)Cc2ccc(Cl)cc2)c(F)c1F. The van der Waals surface area contributed by atoms with E-state index in [2.05, 4.69) is 0 Å². The minimum Gasteiger partial charge on any atom is -0.385 e. The zero-order valence-corrected chi connectivity index (χ0v) is 12.0. The molecule has 20 heavy (non-hydrogen) atoms. The average Bonchev–Trinajstić information content (AvgIpc) is 2.38. The van der Waals surface area contributed by atoms with Crippen LogP contribution in [-0.4, -0.2) is 5.11 Å². The molecule has 2 aromatic rings. The molecule has 0 fully saturated rings. The van der Waals surface area contributed by atoms with Gasteiger partial charge in [-0.2, -0.15) is 0 Å². The summed E-state index contributed by atoms with van der Waals surface area (Å²) in [6, 6.07) is 9.77. The van der Waals surface area contributed by atoms with Gasteiger partial charge in [0.25, 0.3) is 0 Å². The van der Waals surface area contributed by atoms with E-state index in [1.807, 2.05) is 0 Å². The summed E-state index contributed by atoms with van der Waals surface area (Å²) in [5.74, 6) is -1.91. The summed E-state index contributed by atoms with van der Waals surface area (Å²) in [5, 5.41) is 11.0. The molecule has 0 aliphatic rings. The number of aryl methyl sites for hydroxylation is 1. The van der Waals surface area contributed by atoms with Crippen molar-refractivity contribution in [2.24, 2.45) is 0 Å². The number of halogens is 3. The number of benzene rings is 2. The summed E-state index contributed by atoms with van der Waals surface area (Å²) in [4.78, 5) is 0. The highest BCUT2D eigenvalue weighted by molar-refractivity contribution is 6.30. The van der Waals surface area contributed by atoms with E-state index in [-0.39, 0.29) is 17.5 Å². The molecule has 4 heteroatoms. The van der Waals surface area contributed by atoms with Crippen molar-refractivity contribution in [2.75, 3.05) is 0 Å². The smallest absolute Gasteiger partial charge is 0.165 e. The minimum atomic E-state index is -1.49. The molecule has 2 aromatic carbocycles. The molecule has 0 saturated heterocycles. The fourth-order valence-corrected chi connectivity index (χ4v) is 2.28. The van der Waals surface area contributed by atoms with E-state index in [0.717, 1.165) is 5.56 Å². The Morgan fingerprint density at radius 3 is 2.25 bits per heavy atom. The zero-order valence-electron chi connectivity index (χ0n) is 11.3. The van der Waals surface area contributed by atoms with Crippen LogP contribution in [0.5, 0.6) is 0 Å². The van der Waals surface area contributed by atoms with E-state index in [1.165, 1.54) is 26.0 Å². The van der Waals surface area contributed by atoms with Crippen molar-refractivity contribution < 1.29 is 13.9 Å². The van der Waals surface area contributed by atoms with Crippen LogP contribution in [0, 0.1) is 18.6 Å². The Kier molecular flexibility index (Phi) is 4.11. The van der Waals surface area contributed by atoms with Gasteiger partial charge >= 0.3 is 0 Å². The molecule has 1 atom stereocenters. The standard InChI is InChI=1S/C16H15ClF2O/c1-10-3-8-13(15(19)14(10)18)16(2,20)9-11-4-6-12(17)7-5-11/h3-8,20H,9H2,1-2H3. The van der Waals surface area contributed by atoms with E-state index < -0.39 is 17.2 Å². The van der Waals surface area contributed by atoms with Gasteiger partial charge in [-0.1, -0.05) is 35.9 Å². The molecule has 1 N–H and O–H groups in total. The zero-order chi connectivity index (χ0) is 14.9. The Morgan fingerprint density at radius 1 is 1.05 bits per heavy atom. The lowest BCUT2D eigenvalue weighted by molar-refractivity contribution is 0.0530. The lowest BCUT2D eigenvalue weighted by Crippen LogP contribution is -2.26. The van der Waals surface area contributed by atoms with Gasteiger partial charge in [0.15, 0.2) is 11.6 Å². The topological polar surface area (TPSA) is 20.2 Å². The third-order valence-corrected chi connectivity index (χ3v) is 3.57. The summed E-state index contributed by atoms with van der Waals surface area (Å²) in [7, 11) is 0. The lowest BCUT2D eigenvalue weighted by Gasteiger charge is -2.25. The minimum absolute atomic E-state index is 0.0458. The first-order chi connectivity index (χ1) is 9.31. The second-order valence-electron chi connectivity index (χ2n) is 5.14. The third kappa shape index (κ3) is 3.00. The van der Waals surface area contributed by atoms with Gasteiger partial charge in [0.05, 0.1) is 5.60 Å². The molecule has 0 heterocycles. The highest BCUT2D eigenvalue weighted by Crippen LogP contribution is 2.30. The molecule has 2 rings (SSSR count). The molecule has 106 valence electrons. The van der Waals surface area contributed by atoms with Gasteiger partial charge in [0.2, 0.25) is 0 Å². The fourth-order valence-electron chi connectivity index (χ4n) is 2.16. The van der Waals surface area contributed by atoms with E-state index in [9.17, 15) is 13.9 Å². The highest BCUT2D eigenvalue weighted by atomic mass is 35.5. The molecule has 0 bridgehead atoms. The van der Waals surface area contributed by atoms with Crippen LogP contribution in [0.1, 0.15) is 23.6 Å². The van der Waals surface area contributed by atoms with Crippen molar-refractivity contribution in [3.05, 3.63) is 69.7 Å². The van der Waals surface area contributed by atoms with Crippen LogP contribution in [0.25, 0.3) is 0 Å². The van der Waals surface area contributed by atoms with E-state index >= 15 is 0 Å². The van der Waals surface area contributed by atoms with E-state index in [4.69, 9.17) is 11.6 Å². The first-order valence-corrected chi connectivity index (χ1v) is 6.61. The third-order valence-electron chi connectivity index (χ3n) is 3.32. The van der Waals surface area contributed by atoms with Gasteiger partial charge in [0.1, 0.15) is 0 Å². The van der Waals surface area contributed by atoms with Crippen molar-refractivity contribution >= 4 is 11.6 Å². The number of aliphatic hydroxyl groups is 1. The molecule has 1 nitrogen and oxygen atoms in total. The number of hydrogen-bond acceptors (Lipinski definition) is 1. The van der Waals surface area contributed by atoms with E-state index in [0.29, 0.717) is 5.02 Å². The first-order valence-electron chi connectivity index (χ1n) is 6.23. The van der Waals surface area contributed by atoms with Crippen molar-refractivity contribution in [3.63, 3.8) is 0 Å². The van der Waals surface area contributed by atoms with Crippen LogP contribution in [0.2, 0.25) is 5.02 Å². The van der Waals surface area contributed by atoms with Crippen molar-refractivity contribution in [2.45, 2.75) is 25.9 Å². The van der Waals surface area contributed by atoms with Crippen LogP contribution >= 0.6 is 11.6 Å².